The molecule has 0 aromatic heterocycles. The molecule has 7 heteroatoms. The van der Waals surface area contributed by atoms with E-state index in [2.05, 4.69) is 31.8 Å². The van der Waals surface area contributed by atoms with Gasteiger partial charge in [-0.1, -0.05) is 18.2 Å². The predicted molar refractivity (Wildman–Crippen MR) is 90.9 cm³/mol. The topological polar surface area (TPSA) is 76.9 Å². The molecule has 0 amide bonds. The second-order valence-corrected chi connectivity index (χ2v) is 5.32. The number of thiocarbonyl (C=S) groups is 1. The summed E-state index contributed by atoms with van der Waals surface area (Å²) < 4.78 is 0.383. The molecule has 0 fully saturated rings. The summed E-state index contributed by atoms with van der Waals surface area (Å²) in [7, 11) is 0. The van der Waals surface area contributed by atoms with Gasteiger partial charge in [0.15, 0.2) is 16.6 Å². The van der Waals surface area contributed by atoms with Crippen molar-refractivity contribution in [3.8, 4) is 11.5 Å². The maximum Gasteiger partial charge on any atom is 0.191 e. The van der Waals surface area contributed by atoms with Crippen LogP contribution in [-0.4, -0.2) is 21.5 Å². The number of hydrogen-bond donors (Lipinski definition) is 4. The number of hydrazone groups is 1. The smallest absolute Gasteiger partial charge is 0.191 e. The molecule has 0 saturated carbocycles. The molecule has 21 heavy (non-hydrogen) atoms. The number of halogens is 1. The third-order valence-electron chi connectivity index (χ3n) is 2.48. The first-order valence-corrected chi connectivity index (χ1v) is 7.13. The number of rotatable bonds is 3. The molecule has 0 saturated heterocycles. The average molecular weight is 366 g/mol. The van der Waals surface area contributed by atoms with Crippen molar-refractivity contribution in [3.63, 3.8) is 0 Å². The number of hydrogen-bond acceptors (Lipinski definition) is 4. The SMILES string of the molecule is Oc1cc(/C=N/NC(=S)Nc2ccccc2)cc(Br)c1O. The molecule has 2 rings (SSSR count). The van der Waals surface area contributed by atoms with Crippen LogP contribution in [0.15, 0.2) is 52.0 Å². The normalized spacial score (nSPS) is 10.5. The van der Waals surface area contributed by atoms with Gasteiger partial charge in [0.2, 0.25) is 0 Å². The number of para-hydroxylation sites is 1. The fourth-order valence-corrected chi connectivity index (χ4v) is 2.16. The summed E-state index contributed by atoms with van der Waals surface area (Å²) in [5, 5.41) is 26.2. The maximum atomic E-state index is 9.48. The highest BCUT2D eigenvalue weighted by molar-refractivity contribution is 9.10. The van der Waals surface area contributed by atoms with Crippen LogP contribution in [0.4, 0.5) is 5.69 Å². The first-order valence-electron chi connectivity index (χ1n) is 5.93. The van der Waals surface area contributed by atoms with Crippen LogP contribution in [0.5, 0.6) is 11.5 Å². The Kier molecular flexibility index (Phi) is 5.13. The number of nitrogens with zero attached hydrogens (tertiary/aromatic N) is 1. The summed E-state index contributed by atoms with van der Waals surface area (Å²) in [6.45, 7) is 0. The molecule has 5 nitrogen and oxygen atoms in total. The van der Waals surface area contributed by atoms with Crippen molar-refractivity contribution in [1.29, 1.82) is 0 Å². The van der Waals surface area contributed by atoms with E-state index in [1.54, 1.807) is 6.07 Å². The Labute approximate surface area is 135 Å². The van der Waals surface area contributed by atoms with Crippen LogP contribution >= 0.6 is 28.1 Å². The molecule has 108 valence electrons. The van der Waals surface area contributed by atoms with Crippen molar-refractivity contribution < 1.29 is 10.2 Å². The molecule has 0 radical (unpaired) electrons. The van der Waals surface area contributed by atoms with E-state index in [0.717, 1.165) is 5.69 Å². The first-order chi connectivity index (χ1) is 10.1. The van der Waals surface area contributed by atoms with E-state index in [4.69, 9.17) is 12.2 Å². The monoisotopic (exact) mass is 365 g/mol. The fourth-order valence-electron chi connectivity index (χ4n) is 1.53. The highest BCUT2D eigenvalue weighted by Crippen LogP contribution is 2.33. The number of aromatic hydroxyl groups is 2. The third kappa shape index (κ3) is 4.44. The summed E-state index contributed by atoms with van der Waals surface area (Å²) >= 11 is 8.22. The number of benzene rings is 2. The largest absolute Gasteiger partial charge is 0.504 e. The van der Waals surface area contributed by atoms with Gasteiger partial charge in [0.05, 0.1) is 10.7 Å². The lowest BCUT2D eigenvalue weighted by Gasteiger charge is -2.06. The highest BCUT2D eigenvalue weighted by Gasteiger charge is 2.05. The Hall–Kier alpha value is -2.12. The van der Waals surface area contributed by atoms with Gasteiger partial charge in [-0.25, -0.2) is 0 Å². The van der Waals surface area contributed by atoms with Crippen molar-refractivity contribution in [2.45, 2.75) is 0 Å². The summed E-state index contributed by atoms with van der Waals surface area (Å²) in [6.07, 6.45) is 1.48. The Morgan fingerprint density at radius 1 is 1.19 bits per heavy atom. The van der Waals surface area contributed by atoms with E-state index in [-0.39, 0.29) is 11.5 Å². The Balaban J connectivity index is 1.95. The fraction of sp³-hybridized carbons (Fsp3) is 0. The average Bonchev–Trinajstić information content (AvgIpc) is 2.45. The van der Waals surface area contributed by atoms with Crippen molar-refractivity contribution in [2.24, 2.45) is 5.10 Å². The van der Waals surface area contributed by atoms with Gasteiger partial charge in [-0.15, -0.1) is 0 Å². The molecule has 0 aliphatic rings. The summed E-state index contributed by atoms with van der Waals surface area (Å²) in [4.78, 5) is 0. The van der Waals surface area contributed by atoms with Gasteiger partial charge in [-0.05, 0) is 58.0 Å². The number of phenols is 2. The summed E-state index contributed by atoms with van der Waals surface area (Å²) in [5.74, 6) is -0.433. The van der Waals surface area contributed by atoms with Crippen LogP contribution in [-0.2, 0) is 0 Å². The zero-order valence-corrected chi connectivity index (χ0v) is 13.1. The highest BCUT2D eigenvalue weighted by atomic mass is 79.9. The molecule has 0 heterocycles. The van der Waals surface area contributed by atoms with Crippen LogP contribution in [0.3, 0.4) is 0 Å². The van der Waals surface area contributed by atoms with Gasteiger partial charge in [0.1, 0.15) is 0 Å². The quantitative estimate of drug-likeness (QED) is 0.291. The lowest BCUT2D eigenvalue weighted by Crippen LogP contribution is -2.23. The van der Waals surface area contributed by atoms with Crippen LogP contribution in [0, 0.1) is 0 Å². The minimum atomic E-state index is -0.226. The van der Waals surface area contributed by atoms with E-state index < -0.39 is 0 Å². The molecular formula is C14H12BrN3O2S. The van der Waals surface area contributed by atoms with Crippen LogP contribution in [0.1, 0.15) is 5.56 Å². The zero-order chi connectivity index (χ0) is 15.2. The lowest BCUT2D eigenvalue weighted by molar-refractivity contribution is 0.401. The minimum Gasteiger partial charge on any atom is -0.504 e. The van der Waals surface area contributed by atoms with Crippen LogP contribution < -0.4 is 10.7 Å². The lowest BCUT2D eigenvalue weighted by atomic mass is 10.2. The molecule has 0 aliphatic heterocycles. The summed E-state index contributed by atoms with van der Waals surface area (Å²) in [6, 6.07) is 12.5. The maximum absolute atomic E-state index is 9.48. The second-order valence-electron chi connectivity index (χ2n) is 4.06. The van der Waals surface area contributed by atoms with Gasteiger partial charge in [0.25, 0.3) is 0 Å². The van der Waals surface area contributed by atoms with E-state index in [9.17, 15) is 10.2 Å². The van der Waals surface area contributed by atoms with E-state index in [0.29, 0.717) is 15.1 Å². The molecule has 0 atom stereocenters. The first kappa shape index (κ1) is 15.3. The van der Waals surface area contributed by atoms with Crippen molar-refractivity contribution in [1.82, 2.24) is 5.43 Å². The molecule has 4 N–H and O–H groups in total. The van der Waals surface area contributed by atoms with Gasteiger partial charge in [0, 0.05) is 5.69 Å². The molecule has 2 aromatic rings. The molecule has 0 unspecified atom stereocenters. The van der Waals surface area contributed by atoms with E-state index in [1.165, 1.54) is 12.3 Å². The van der Waals surface area contributed by atoms with Crippen molar-refractivity contribution >= 4 is 45.2 Å². The van der Waals surface area contributed by atoms with Gasteiger partial charge in [-0.3, -0.25) is 5.43 Å². The van der Waals surface area contributed by atoms with E-state index >= 15 is 0 Å². The van der Waals surface area contributed by atoms with Crippen LogP contribution in [0.2, 0.25) is 0 Å². The predicted octanol–water partition coefficient (Wildman–Crippen LogP) is 3.18. The minimum absolute atomic E-state index is 0.207. The van der Waals surface area contributed by atoms with Crippen molar-refractivity contribution in [3.05, 3.63) is 52.5 Å². The zero-order valence-electron chi connectivity index (χ0n) is 10.7. The van der Waals surface area contributed by atoms with Crippen molar-refractivity contribution in [2.75, 3.05) is 5.32 Å². The number of nitrogens with one attached hydrogen (secondary N) is 2. The van der Waals surface area contributed by atoms with Gasteiger partial charge >= 0.3 is 0 Å². The standard InChI is InChI=1S/C14H12BrN3O2S/c15-11-6-9(7-12(19)13(11)20)8-16-18-14(21)17-10-4-2-1-3-5-10/h1-8,19-20H,(H2,17,18,21)/b16-8+. The number of phenolic OH excluding ortho intramolecular Hbond substituents is 2. The van der Waals surface area contributed by atoms with E-state index in [1.807, 2.05) is 30.3 Å². The summed E-state index contributed by atoms with van der Waals surface area (Å²) in [5.41, 5.74) is 4.12. The molecule has 0 aliphatic carbocycles. The Bertz CT molecular complexity index is 654. The Morgan fingerprint density at radius 3 is 2.57 bits per heavy atom. The molecule has 0 spiro atoms. The second kappa shape index (κ2) is 7.05. The third-order valence-corrected chi connectivity index (χ3v) is 3.27. The molecular weight excluding hydrogens is 354 g/mol. The molecule has 2 aromatic carbocycles. The van der Waals surface area contributed by atoms with Gasteiger partial charge in [-0.2, -0.15) is 5.10 Å². The molecule has 0 bridgehead atoms. The van der Waals surface area contributed by atoms with Gasteiger partial charge < -0.3 is 15.5 Å². The Morgan fingerprint density at radius 2 is 1.90 bits per heavy atom. The number of anilines is 1. The van der Waals surface area contributed by atoms with Crippen LogP contribution in [0.25, 0.3) is 0 Å².